The average Bonchev–Trinajstić information content (AvgIpc) is 2.27. The quantitative estimate of drug-likeness (QED) is 0.803. The minimum absolute atomic E-state index is 0.290. The van der Waals surface area contributed by atoms with Gasteiger partial charge in [0.05, 0.1) is 5.92 Å². The summed E-state index contributed by atoms with van der Waals surface area (Å²) in [4.78, 5) is 26.5. The highest BCUT2D eigenvalue weighted by Crippen LogP contribution is 2.30. The van der Waals surface area contributed by atoms with Gasteiger partial charge >= 0.3 is 5.97 Å². The number of fused-ring (bicyclic) bond motifs is 1. The third-order valence-electron chi connectivity index (χ3n) is 2.42. The van der Waals surface area contributed by atoms with Gasteiger partial charge in [-0.2, -0.15) is 0 Å². The summed E-state index contributed by atoms with van der Waals surface area (Å²) in [6, 6.07) is 3.27. The fraction of sp³-hybridized carbons (Fsp3) is 0.300. The Hall–Kier alpha value is -1.63. The largest absolute Gasteiger partial charge is 0.481 e. The highest BCUT2D eigenvalue weighted by Gasteiger charge is 2.36. The van der Waals surface area contributed by atoms with E-state index in [4.69, 9.17) is 9.84 Å². The van der Waals surface area contributed by atoms with Crippen LogP contribution in [0.1, 0.15) is 6.92 Å². The van der Waals surface area contributed by atoms with E-state index in [-0.39, 0.29) is 0 Å². The molecule has 1 aromatic rings. The number of aromatic nitrogens is 1. The first-order valence-corrected chi connectivity index (χ1v) is 5.65. The Balaban J connectivity index is 2.30. The Morgan fingerprint density at radius 1 is 1.65 bits per heavy atom. The number of carboxylic acids is 1. The molecule has 2 heterocycles. The number of pyridine rings is 1. The molecule has 2 rings (SSSR count). The molecule has 0 bridgehead atoms. The summed E-state index contributed by atoms with van der Waals surface area (Å²) >= 11 is 3.17. The molecule has 6 nitrogen and oxygen atoms in total. The van der Waals surface area contributed by atoms with Gasteiger partial charge in [0.25, 0.3) is 5.91 Å². The van der Waals surface area contributed by atoms with E-state index in [1.54, 1.807) is 12.1 Å². The average molecular weight is 301 g/mol. The van der Waals surface area contributed by atoms with Gasteiger partial charge in [-0.25, -0.2) is 4.98 Å². The van der Waals surface area contributed by atoms with E-state index >= 15 is 0 Å². The minimum Gasteiger partial charge on any atom is -0.481 e. The van der Waals surface area contributed by atoms with Crippen molar-refractivity contribution in [3.8, 4) is 5.75 Å². The number of carbonyl (C=O) groups excluding carboxylic acids is 1. The second kappa shape index (κ2) is 4.33. The molecule has 1 aliphatic heterocycles. The Morgan fingerprint density at radius 3 is 3.00 bits per heavy atom. The van der Waals surface area contributed by atoms with Crippen LogP contribution in [0.15, 0.2) is 16.7 Å². The molecule has 0 fully saturated rings. The zero-order valence-corrected chi connectivity index (χ0v) is 10.4. The molecule has 0 saturated carbocycles. The van der Waals surface area contributed by atoms with Gasteiger partial charge in [0, 0.05) is 0 Å². The number of aliphatic carboxylic acids is 1. The van der Waals surface area contributed by atoms with Crippen LogP contribution >= 0.6 is 15.9 Å². The molecule has 0 spiro atoms. The lowest BCUT2D eigenvalue weighted by Crippen LogP contribution is -2.44. The molecule has 1 aromatic heterocycles. The number of ether oxygens (including phenoxy) is 1. The molecule has 2 atom stereocenters. The number of hydrogen-bond donors (Lipinski definition) is 2. The zero-order valence-electron chi connectivity index (χ0n) is 8.81. The van der Waals surface area contributed by atoms with Gasteiger partial charge < -0.3 is 15.2 Å². The molecule has 0 saturated heterocycles. The van der Waals surface area contributed by atoms with Crippen molar-refractivity contribution in [1.29, 1.82) is 0 Å². The lowest BCUT2D eigenvalue weighted by atomic mass is 10.0. The van der Waals surface area contributed by atoms with Crippen molar-refractivity contribution in [3.63, 3.8) is 0 Å². The molecule has 1 aliphatic rings. The number of hydrogen-bond acceptors (Lipinski definition) is 4. The number of carbonyl (C=O) groups is 2. The first-order valence-electron chi connectivity index (χ1n) is 4.86. The van der Waals surface area contributed by atoms with E-state index in [0.717, 1.165) is 0 Å². The summed E-state index contributed by atoms with van der Waals surface area (Å²) in [5.41, 5.74) is 0. The standard InChI is InChI=1S/C10H9BrN2O4/c1-4(10(15)16)7-9(14)13-8-5(17-7)2-3-6(11)12-8/h2-4,7H,1H3,(H,15,16)(H,12,13,14). The van der Waals surface area contributed by atoms with Crippen LogP contribution in [0.5, 0.6) is 5.75 Å². The molecule has 90 valence electrons. The SMILES string of the molecule is CC(C(=O)O)C1Oc2ccc(Br)nc2NC1=O. The lowest BCUT2D eigenvalue weighted by Gasteiger charge is -2.27. The van der Waals surface area contributed by atoms with Crippen molar-refractivity contribution in [1.82, 2.24) is 4.98 Å². The van der Waals surface area contributed by atoms with E-state index in [1.165, 1.54) is 6.92 Å². The van der Waals surface area contributed by atoms with Gasteiger partial charge in [-0.15, -0.1) is 0 Å². The number of carboxylic acid groups (broad SMARTS) is 1. The Labute approximate surface area is 105 Å². The van der Waals surface area contributed by atoms with Crippen LogP contribution in [0.4, 0.5) is 5.82 Å². The number of nitrogens with zero attached hydrogens (tertiary/aromatic N) is 1. The number of anilines is 1. The zero-order chi connectivity index (χ0) is 12.6. The molecule has 0 aromatic carbocycles. The summed E-state index contributed by atoms with van der Waals surface area (Å²) in [6.07, 6.45) is -1.04. The van der Waals surface area contributed by atoms with E-state index in [0.29, 0.717) is 16.2 Å². The van der Waals surface area contributed by atoms with Gasteiger partial charge in [0.2, 0.25) is 0 Å². The van der Waals surface area contributed by atoms with Gasteiger partial charge in [0.1, 0.15) is 4.60 Å². The minimum atomic E-state index is -1.08. The summed E-state index contributed by atoms with van der Waals surface area (Å²) in [6.45, 7) is 1.42. The lowest BCUT2D eigenvalue weighted by molar-refractivity contribution is -0.147. The van der Waals surface area contributed by atoms with Crippen molar-refractivity contribution < 1.29 is 19.4 Å². The summed E-state index contributed by atoms with van der Waals surface area (Å²) in [5, 5.41) is 11.4. The predicted octanol–water partition coefficient (Wildman–Crippen LogP) is 1.26. The van der Waals surface area contributed by atoms with Crippen LogP contribution in [-0.2, 0) is 9.59 Å². The first-order chi connectivity index (χ1) is 7.99. The van der Waals surface area contributed by atoms with Gasteiger partial charge in [0.15, 0.2) is 17.7 Å². The molecule has 0 radical (unpaired) electrons. The highest BCUT2D eigenvalue weighted by molar-refractivity contribution is 9.10. The second-order valence-corrected chi connectivity index (χ2v) is 4.45. The normalized spacial score (nSPS) is 19.9. The summed E-state index contributed by atoms with van der Waals surface area (Å²) in [7, 11) is 0. The fourth-order valence-corrected chi connectivity index (χ4v) is 1.75. The summed E-state index contributed by atoms with van der Waals surface area (Å²) < 4.78 is 5.91. The molecule has 17 heavy (non-hydrogen) atoms. The van der Waals surface area contributed by atoms with Crippen molar-refractivity contribution in [3.05, 3.63) is 16.7 Å². The third-order valence-corrected chi connectivity index (χ3v) is 2.86. The molecule has 7 heteroatoms. The van der Waals surface area contributed by atoms with Gasteiger partial charge in [-0.3, -0.25) is 9.59 Å². The maximum absolute atomic E-state index is 11.7. The van der Waals surface area contributed by atoms with Crippen molar-refractivity contribution in [2.75, 3.05) is 5.32 Å². The van der Waals surface area contributed by atoms with Gasteiger partial charge in [-0.1, -0.05) is 0 Å². The van der Waals surface area contributed by atoms with Gasteiger partial charge in [-0.05, 0) is 35.0 Å². The molecular formula is C10H9BrN2O4. The van der Waals surface area contributed by atoms with E-state index < -0.39 is 23.9 Å². The second-order valence-electron chi connectivity index (χ2n) is 3.64. The topological polar surface area (TPSA) is 88.5 Å². The van der Waals surface area contributed by atoms with E-state index in [9.17, 15) is 9.59 Å². The van der Waals surface area contributed by atoms with Crippen LogP contribution in [0.2, 0.25) is 0 Å². The Bertz CT molecular complexity index is 491. The third kappa shape index (κ3) is 2.23. The van der Waals surface area contributed by atoms with E-state index in [1.807, 2.05) is 0 Å². The monoisotopic (exact) mass is 300 g/mol. The van der Waals surface area contributed by atoms with Crippen LogP contribution < -0.4 is 10.1 Å². The van der Waals surface area contributed by atoms with Crippen LogP contribution in [-0.4, -0.2) is 28.1 Å². The van der Waals surface area contributed by atoms with Crippen molar-refractivity contribution >= 4 is 33.6 Å². The maximum Gasteiger partial charge on any atom is 0.310 e. The fourth-order valence-electron chi connectivity index (χ4n) is 1.44. The Morgan fingerprint density at radius 2 is 2.35 bits per heavy atom. The molecular weight excluding hydrogens is 292 g/mol. The summed E-state index contributed by atoms with van der Waals surface area (Å²) in [5.74, 6) is -1.85. The highest BCUT2D eigenvalue weighted by atomic mass is 79.9. The number of halogens is 1. The molecule has 2 N–H and O–H groups in total. The number of nitrogens with one attached hydrogen (secondary N) is 1. The molecule has 2 unspecified atom stereocenters. The predicted molar refractivity (Wildman–Crippen MR) is 61.8 cm³/mol. The van der Waals surface area contributed by atoms with Crippen molar-refractivity contribution in [2.45, 2.75) is 13.0 Å². The Kier molecular flexibility index (Phi) is 3.01. The number of amides is 1. The van der Waals surface area contributed by atoms with Crippen LogP contribution in [0.3, 0.4) is 0 Å². The first kappa shape index (κ1) is 11.8. The molecule has 0 aliphatic carbocycles. The smallest absolute Gasteiger partial charge is 0.310 e. The van der Waals surface area contributed by atoms with Crippen LogP contribution in [0, 0.1) is 5.92 Å². The molecule has 1 amide bonds. The number of rotatable bonds is 2. The maximum atomic E-state index is 11.7. The van der Waals surface area contributed by atoms with Crippen LogP contribution in [0.25, 0.3) is 0 Å². The van der Waals surface area contributed by atoms with E-state index in [2.05, 4.69) is 26.2 Å². The van der Waals surface area contributed by atoms with Crippen molar-refractivity contribution in [2.24, 2.45) is 5.92 Å².